The van der Waals surface area contributed by atoms with Crippen LogP contribution in [-0.2, 0) is 0 Å². The molecule has 2 N–H and O–H groups in total. The van der Waals surface area contributed by atoms with Crippen LogP contribution < -0.4 is 15.4 Å². The van der Waals surface area contributed by atoms with Crippen LogP contribution >= 0.6 is 0 Å². The molecule has 1 atom stereocenters. The van der Waals surface area contributed by atoms with Crippen molar-refractivity contribution in [1.82, 2.24) is 15.5 Å². The number of hydrogen-bond donors (Lipinski definition) is 2. The van der Waals surface area contributed by atoms with Crippen LogP contribution in [0, 0.1) is 5.82 Å². The number of nitrogens with zero attached hydrogens (tertiary/aromatic N) is 2. The number of ether oxygens (including phenoxy) is 1. The quantitative estimate of drug-likeness (QED) is 0.339. The lowest BCUT2D eigenvalue weighted by Crippen LogP contribution is -2.42. The number of para-hydroxylation sites is 1. The zero-order valence-electron chi connectivity index (χ0n) is 16.7. The maximum absolute atomic E-state index is 13.6. The second-order valence-electron chi connectivity index (χ2n) is 6.81. The fraction of sp³-hybridized carbons (Fsp3) is 0.650. The van der Waals surface area contributed by atoms with Gasteiger partial charge in [0.2, 0.25) is 0 Å². The summed E-state index contributed by atoms with van der Waals surface area (Å²) in [5.74, 6) is 0.688. The lowest BCUT2D eigenvalue weighted by atomic mass is 10.1. The third-order valence-electron chi connectivity index (χ3n) is 4.02. The molecule has 1 unspecified atom stereocenters. The molecule has 0 heterocycles. The van der Waals surface area contributed by atoms with Gasteiger partial charge >= 0.3 is 0 Å². The summed E-state index contributed by atoms with van der Waals surface area (Å²) in [7, 11) is 5.98. The van der Waals surface area contributed by atoms with E-state index >= 15 is 0 Å². The molecule has 0 bridgehead atoms. The molecule has 6 heteroatoms. The van der Waals surface area contributed by atoms with Gasteiger partial charge < -0.3 is 20.3 Å². The van der Waals surface area contributed by atoms with Crippen LogP contribution in [0.5, 0.6) is 5.75 Å². The SMILES string of the molecule is CN=C(NCCCCCCCN(C)C)NCC(C)Oc1ccccc1F. The highest BCUT2D eigenvalue weighted by Gasteiger charge is 2.08. The van der Waals surface area contributed by atoms with Crippen molar-refractivity contribution in [2.24, 2.45) is 4.99 Å². The Hall–Kier alpha value is -1.82. The van der Waals surface area contributed by atoms with Gasteiger partial charge in [-0.1, -0.05) is 31.4 Å². The summed E-state index contributed by atoms with van der Waals surface area (Å²) >= 11 is 0. The number of halogens is 1. The van der Waals surface area contributed by atoms with E-state index in [1.165, 1.54) is 38.3 Å². The summed E-state index contributed by atoms with van der Waals surface area (Å²) in [5, 5.41) is 6.53. The molecular weight excluding hydrogens is 331 g/mol. The van der Waals surface area contributed by atoms with Gasteiger partial charge in [0.05, 0.1) is 6.54 Å². The van der Waals surface area contributed by atoms with Crippen molar-refractivity contribution in [1.29, 1.82) is 0 Å². The first-order chi connectivity index (χ1) is 12.5. The maximum atomic E-state index is 13.6. The van der Waals surface area contributed by atoms with E-state index in [9.17, 15) is 4.39 Å². The normalized spacial score (nSPS) is 12.9. The first-order valence-corrected chi connectivity index (χ1v) is 9.53. The van der Waals surface area contributed by atoms with Gasteiger partial charge in [0.25, 0.3) is 0 Å². The number of hydrogen-bond acceptors (Lipinski definition) is 3. The Balaban J connectivity index is 2.12. The van der Waals surface area contributed by atoms with E-state index < -0.39 is 0 Å². The minimum atomic E-state index is -0.340. The first kappa shape index (κ1) is 22.2. The summed E-state index contributed by atoms with van der Waals surface area (Å²) in [6.07, 6.45) is 6.02. The summed E-state index contributed by atoms with van der Waals surface area (Å²) in [5.41, 5.74) is 0. The minimum absolute atomic E-state index is 0.165. The zero-order chi connectivity index (χ0) is 19.2. The van der Waals surface area contributed by atoms with Crippen LogP contribution in [0.15, 0.2) is 29.3 Å². The second-order valence-corrected chi connectivity index (χ2v) is 6.81. The van der Waals surface area contributed by atoms with Crippen molar-refractivity contribution in [3.63, 3.8) is 0 Å². The molecule has 1 aromatic carbocycles. The van der Waals surface area contributed by atoms with Crippen LogP contribution in [0.3, 0.4) is 0 Å². The number of aliphatic imine (C=N–C) groups is 1. The Bertz CT molecular complexity index is 522. The lowest BCUT2D eigenvalue weighted by Gasteiger charge is -2.18. The van der Waals surface area contributed by atoms with Crippen LogP contribution in [0.2, 0.25) is 0 Å². The van der Waals surface area contributed by atoms with Gasteiger partial charge in [-0.05, 0) is 52.5 Å². The molecule has 0 fully saturated rings. The number of benzene rings is 1. The smallest absolute Gasteiger partial charge is 0.191 e. The molecule has 1 rings (SSSR count). The molecule has 0 aliphatic carbocycles. The van der Waals surface area contributed by atoms with Crippen LogP contribution in [0.4, 0.5) is 4.39 Å². The Morgan fingerprint density at radius 2 is 1.81 bits per heavy atom. The zero-order valence-corrected chi connectivity index (χ0v) is 16.7. The van der Waals surface area contributed by atoms with E-state index in [1.807, 2.05) is 6.92 Å². The van der Waals surface area contributed by atoms with E-state index in [0.717, 1.165) is 18.9 Å². The molecule has 148 valence electrons. The van der Waals surface area contributed by atoms with Crippen molar-refractivity contribution in [2.75, 3.05) is 40.8 Å². The molecule has 0 radical (unpaired) electrons. The standard InChI is InChI=1S/C20H35FN4O/c1-17(26-19-13-9-8-12-18(19)21)16-24-20(22-2)23-14-10-6-5-7-11-15-25(3)4/h8-9,12-13,17H,5-7,10-11,14-16H2,1-4H3,(H2,22,23,24). The van der Waals surface area contributed by atoms with Gasteiger partial charge in [-0.2, -0.15) is 0 Å². The van der Waals surface area contributed by atoms with Gasteiger partial charge in [-0.3, -0.25) is 4.99 Å². The first-order valence-electron chi connectivity index (χ1n) is 9.53. The molecule has 0 saturated heterocycles. The Morgan fingerprint density at radius 1 is 1.12 bits per heavy atom. The molecule has 0 aliphatic heterocycles. The van der Waals surface area contributed by atoms with Crippen LogP contribution in [-0.4, -0.2) is 57.7 Å². The predicted molar refractivity (Wildman–Crippen MR) is 107 cm³/mol. The fourth-order valence-electron chi connectivity index (χ4n) is 2.55. The van der Waals surface area contributed by atoms with E-state index in [2.05, 4.69) is 34.6 Å². The fourth-order valence-corrected chi connectivity index (χ4v) is 2.55. The molecule has 26 heavy (non-hydrogen) atoms. The Labute approximate surface area is 158 Å². The van der Waals surface area contributed by atoms with Crippen molar-refractivity contribution in [3.8, 4) is 5.75 Å². The molecular formula is C20H35FN4O. The van der Waals surface area contributed by atoms with Crippen molar-refractivity contribution in [2.45, 2.75) is 45.1 Å². The van der Waals surface area contributed by atoms with Crippen molar-refractivity contribution < 1.29 is 9.13 Å². The van der Waals surface area contributed by atoms with Gasteiger partial charge in [0.1, 0.15) is 6.10 Å². The summed E-state index contributed by atoms with van der Waals surface area (Å²) < 4.78 is 19.2. The van der Waals surface area contributed by atoms with Gasteiger partial charge in [-0.25, -0.2) is 4.39 Å². The Kier molecular flexibility index (Phi) is 11.4. The molecule has 5 nitrogen and oxygen atoms in total. The highest BCUT2D eigenvalue weighted by Crippen LogP contribution is 2.16. The monoisotopic (exact) mass is 366 g/mol. The lowest BCUT2D eigenvalue weighted by molar-refractivity contribution is 0.214. The molecule has 0 spiro atoms. The third kappa shape index (κ3) is 10.2. The minimum Gasteiger partial charge on any atom is -0.486 e. The van der Waals surface area contributed by atoms with Crippen molar-refractivity contribution in [3.05, 3.63) is 30.1 Å². The highest BCUT2D eigenvalue weighted by molar-refractivity contribution is 5.79. The molecule has 0 aliphatic rings. The highest BCUT2D eigenvalue weighted by atomic mass is 19.1. The van der Waals surface area contributed by atoms with Gasteiger partial charge in [0, 0.05) is 13.6 Å². The van der Waals surface area contributed by atoms with E-state index in [1.54, 1.807) is 25.2 Å². The van der Waals surface area contributed by atoms with Crippen LogP contribution in [0.1, 0.15) is 39.0 Å². The number of guanidine groups is 1. The molecule has 0 aromatic heterocycles. The summed E-state index contributed by atoms with van der Waals surface area (Å²) in [6.45, 7) is 4.52. The second kappa shape index (κ2) is 13.4. The predicted octanol–water partition coefficient (Wildman–Crippen LogP) is 3.27. The summed E-state index contributed by atoms with van der Waals surface area (Å²) in [4.78, 5) is 6.44. The largest absolute Gasteiger partial charge is 0.486 e. The molecule has 1 aromatic rings. The maximum Gasteiger partial charge on any atom is 0.191 e. The summed E-state index contributed by atoms with van der Waals surface area (Å²) in [6, 6.07) is 6.45. The average Bonchev–Trinajstić information content (AvgIpc) is 2.61. The van der Waals surface area contributed by atoms with Crippen molar-refractivity contribution >= 4 is 5.96 Å². The number of rotatable bonds is 12. The van der Waals surface area contributed by atoms with E-state index in [0.29, 0.717) is 6.54 Å². The third-order valence-corrected chi connectivity index (χ3v) is 4.02. The van der Waals surface area contributed by atoms with Crippen LogP contribution in [0.25, 0.3) is 0 Å². The molecule has 0 saturated carbocycles. The Morgan fingerprint density at radius 3 is 2.50 bits per heavy atom. The topological polar surface area (TPSA) is 48.9 Å². The van der Waals surface area contributed by atoms with Gasteiger partial charge in [-0.15, -0.1) is 0 Å². The van der Waals surface area contributed by atoms with E-state index in [-0.39, 0.29) is 17.7 Å². The van der Waals surface area contributed by atoms with E-state index in [4.69, 9.17) is 4.74 Å². The number of nitrogens with one attached hydrogen (secondary N) is 2. The number of unbranched alkanes of at least 4 members (excludes halogenated alkanes) is 4. The van der Waals surface area contributed by atoms with Gasteiger partial charge in [0.15, 0.2) is 17.5 Å². The average molecular weight is 367 g/mol. The molecule has 0 amide bonds.